The van der Waals surface area contributed by atoms with E-state index in [1.807, 2.05) is 23.2 Å². The molecule has 2 aromatic heterocycles. The first-order valence-corrected chi connectivity index (χ1v) is 9.61. The summed E-state index contributed by atoms with van der Waals surface area (Å²) in [4.78, 5) is 28.4. The predicted molar refractivity (Wildman–Crippen MR) is 101 cm³/mol. The molecule has 0 radical (unpaired) electrons. The van der Waals surface area contributed by atoms with E-state index < -0.39 is 0 Å². The lowest BCUT2D eigenvalue weighted by Gasteiger charge is -2.26. The van der Waals surface area contributed by atoms with Gasteiger partial charge in [0.2, 0.25) is 5.91 Å². The Bertz CT molecular complexity index is 963. The van der Waals surface area contributed by atoms with Crippen LogP contribution >= 0.6 is 0 Å². The number of nitriles is 1. The summed E-state index contributed by atoms with van der Waals surface area (Å²) in [5.74, 6) is 1.52. The maximum absolute atomic E-state index is 12.1. The lowest BCUT2D eigenvalue weighted by atomic mass is 9.83. The number of nitrogens with one attached hydrogen (secondary N) is 1. The second kappa shape index (κ2) is 5.44. The van der Waals surface area contributed by atoms with Crippen molar-refractivity contribution in [3.8, 4) is 6.07 Å². The van der Waals surface area contributed by atoms with E-state index in [1.54, 1.807) is 6.33 Å². The molecule has 3 heterocycles. The number of nitrogens with zero attached hydrogens (tertiary/aromatic N) is 5. The Balaban J connectivity index is 1.33. The molecule has 3 fully saturated rings. The molecule has 1 unspecified atom stereocenters. The number of hydrogen-bond acceptors (Lipinski definition) is 5. The number of carbonyl (C=O) groups is 1. The number of likely N-dealkylation sites (tertiary alicyclic amines) is 1. The summed E-state index contributed by atoms with van der Waals surface area (Å²) in [5.41, 5.74) is 1.39. The van der Waals surface area contributed by atoms with Gasteiger partial charge in [-0.1, -0.05) is 6.92 Å². The fraction of sp³-hybridized carbons (Fsp3) is 0.600. The summed E-state index contributed by atoms with van der Waals surface area (Å²) in [7, 11) is 2.15. The van der Waals surface area contributed by atoms with Crippen LogP contribution in [0.25, 0.3) is 11.0 Å². The highest BCUT2D eigenvalue weighted by Gasteiger charge is 2.67. The molecular formula is C20H24N6O. The molecule has 1 amide bonds. The van der Waals surface area contributed by atoms with Crippen molar-refractivity contribution in [2.75, 3.05) is 25.0 Å². The van der Waals surface area contributed by atoms with Crippen molar-refractivity contribution in [2.45, 2.75) is 38.6 Å². The van der Waals surface area contributed by atoms with Crippen LogP contribution in [0, 0.1) is 28.1 Å². The van der Waals surface area contributed by atoms with E-state index in [0.717, 1.165) is 42.8 Å². The van der Waals surface area contributed by atoms with Crippen molar-refractivity contribution in [3.63, 3.8) is 0 Å². The zero-order chi connectivity index (χ0) is 18.8. The molecule has 7 heteroatoms. The van der Waals surface area contributed by atoms with E-state index in [-0.39, 0.29) is 17.7 Å². The summed E-state index contributed by atoms with van der Waals surface area (Å²) in [5, 5.41) is 9.87. The maximum atomic E-state index is 12.1. The fourth-order valence-electron chi connectivity index (χ4n) is 5.93. The SMILES string of the molecule is CN(c1ncnc2[nH]ccc12)[C@@H]1CC12C[C@@H]1CN(C(=O)CC#N)C[C@]1(C)C2. The van der Waals surface area contributed by atoms with Gasteiger partial charge in [0.05, 0.1) is 11.5 Å². The second-order valence-corrected chi connectivity index (χ2v) is 8.97. The Labute approximate surface area is 158 Å². The first-order valence-electron chi connectivity index (χ1n) is 9.61. The van der Waals surface area contributed by atoms with Gasteiger partial charge in [-0.2, -0.15) is 5.26 Å². The number of H-pyrrole nitrogens is 1. The zero-order valence-electron chi connectivity index (χ0n) is 15.8. The third-order valence-corrected chi connectivity index (χ3v) is 7.25. The molecule has 2 saturated carbocycles. The summed E-state index contributed by atoms with van der Waals surface area (Å²) in [6, 6.07) is 4.53. The van der Waals surface area contributed by atoms with E-state index in [4.69, 9.17) is 5.26 Å². The quantitative estimate of drug-likeness (QED) is 0.903. The summed E-state index contributed by atoms with van der Waals surface area (Å²) in [6.45, 7) is 3.94. The molecule has 27 heavy (non-hydrogen) atoms. The number of fused-ring (bicyclic) bond motifs is 2. The van der Waals surface area contributed by atoms with Crippen molar-refractivity contribution in [2.24, 2.45) is 16.7 Å². The molecule has 1 aliphatic heterocycles. The molecule has 7 nitrogen and oxygen atoms in total. The Morgan fingerprint density at radius 1 is 1.48 bits per heavy atom. The first kappa shape index (κ1) is 16.5. The minimum Gasteiger partial charge on any atom is -0.355 e. The van der Waals surface area contributed by atoms with E-state index in [9.17, 15) is 4.79 Å². The van der Waals surface area contributed by atoms with Gasteiger partial charge in [-0.05, 0) is 42.1 Å². The molecule has 4 atom stereocenters. The largest absolute Gasteiger partial charge is 0.355 e. The van der Waals surface area contributed by atoms with Gasteiger partial charge in [-0.15, -0.1) is 0 Å². The first-order chi connectivity index (χ1) is 13.0. The van der Waals surface area contributed by atoms with Crippen molar-refractivity contribution >= 4 is 22.8 Å². The van der Waals surface area contributed by atoms with Crippen LogP contribution in [0.5, 0.6) is 0 Å². The van der Waals surface area contributed by atoms with Crippen LogP contribution in [0.2, 0.25) is 0 Å². The van der Waals surface area contributed by atoms with Gasteiger partial charge in [0.15, 0.2) is 0 Å². The molecule has 5 rings (SSSR count). The maximum Gasteiger partial charge on any atom is 0.236 e. The molecule has 1 spiro atoms. The van der Waals surface area contributed by atoms with Crippen molar-refractivity contribution in [3.05, 3.63) is 18.6 Å². The van der Waals surface area contributed by atoms with Gasteiger partial charge in [0.1, 0.15) is 24.2 Å². The monoisotopic (exact) mass is 364 g/mol. The van der Waals surface area contributed by atoms with Crippen LogP contribution in [-0.2, 0) is 4.79 Å². The van der Waals surface area contributed by atoms with Crippen LogP contribution in [0.1, 0.15) is 32.6 Å². The molecular weight excluding hydrogens is 340 g/mol. The van der Waals surface area contributed by atoms with E-state index in [0.29, 0.717) is 17.4 Å². The Morgan fingerprint density at radius 2 is 2.33 bits per heavy atom. The van der Waals surface area contributed by atoms with Crippen LogP contribution in [0.15, 0.2) is 18.6 Å². The lowest BCUT2D eigenvalue weighted by molar-refractivity contribution is -0.129. The van der Waals surface area contributed by atoms with E-state index >= 15 is 0 Å². The van der Waals surface area contributed by atoms with Gasteiger partial charge in [0.25, 0.3) is 0 Å². The number of aromatic nitrogens is 3. The minimum absolute atomic E-state index is 0.000316. The molecule has 0 aromatic carbocycles. The highest BCUT2D eigenvalue weighted by atomic mass is 16.2. The highest BCUT2D eigenvalue weighted by molar-refractivity contribution is 5.87. The topological polar surface area (TPSA) is 88.9 Å². The van der Waals surface area contributed by atoms with Gasteiger partial charge in [-0.3, -0.25) is 4.79 Å². The van der Waals surface area contributed by atoms with E-state index in [1.165, 1.54) is 6.42 Å². The van der Waals surface area contributed by atoms with Crippen molar-refractivity contribution < 1.29 is 4.79 Å². The molecule has 0 bridgehead atoms. The van der Waals surface area contributed by atoms with Crippen molar-refractivity contribution in [1.29, 1.82) is 5.26 Å². The molecule has 2 aromatic rings. The van der Waals surface area contributed by atoms with Crippen LogP contribution in [0.4, 0.5) is 5.82 Å². The lowest BCUT2D eigenvalue weighted by Crippen LogP contribution is -2.32. The second-order valence-electron chi connectivity index (χ2n) is 8.97. The van der Waals surface area contributed by atoms with Crippen LogP contribution < -0.4 is 4.90 Å². The highest BCUT2D eigenvalue weighted by Crippen LogP contribution is 2.69. The van der Waals surface area contributed by atoms with Gasteiger partial charge in [0, 0.05) is 32.4 Å². The number of carbonyl (C=O) groups excluding carboxylic acids is 1. The minimum atomic E-state index is -0.0116. The molecule has 2 aliphatic carbocycles. The summed E-state index contributed by atoms with van der Waals surface area (Å²) >= 11 is 0. The molecule has 1 N–H and O–H groups in total. The Hall–Kier alpha value is -2.62. The fourth-order valence-corrected chi connectivity index (χ4v) is 5.93. The van der Waals surface area contributed by atoms with Crippen molar-refractivity contribution in [1.82, 2.24) is 19.9 Å². The number of hydrogen-bond donors (Lipinski definition) is 1. The van der Waals surface area contributed by atoms with Crippen LogP contribution in [-0.4, -0.2) is 51.9 Å². The number of rotatable bonds is 3. The standard InChI is InChI=1S/C20H24N6O/c1-19-10-20(7-13(19)9-26(11-19)16(27)3-5-21)8-15(20)25(2)18-14-4-6-22-17(14)23-12-24-18/h4,6,12-13,15H,3,7-11H2,1-2H3,(H,22,23,24)/t13-,15-,19+,20?/m1/s1. The third-order valence-electron chi connectivity index (χ3n) is 7.25. The number of aromatic amines is 1. The average molecular weight is 364 g/mol. The van der Waals surface area contributed by atoms with Gasteiger partial charge < -0.3 is 14.8 Å². The molecule has 1 saturated heterocycles. The third kappa shape index (κ3) is 2.35. The summed E-state index contributed by atoms with van der Waals surface area (Å²) in [6.07, 6.45) is 7.04. The zero-order valence-corrected chi connectivity index (χ0v) is 15.8. The average Bonchev–Trinajstić information content (AvgIpc) is 2.93. The Morgan fingerprint density at radius 3 is 3.11 bits per heavy atom. The Kier molecular flexibility index (Phi) is 3.34. The molecule has 140 valence electrons. The van der Waals surface area contributed by atoms with Gasteiger partial charge in [-0.25, -0.2) is 9.97 Å². The van der Waals surface area contributed by atoms with Crippen LogP contribution in [0.3, 0.4) is 0 Å². The smallest absolute Gasteiger partial charge is 0.236 e. The predicted octanol–water partition coefficient (Wildman–Crippen LogP) is 2.32. The van der Waals surface area contributed by atoms with E-state index in [2.05, 4.69) is 33.8 Å². The summed E-state index contributed by atoms with van der Waals surface area (Å²) < 4.78 is 0. The van der Waals surface area contributed by atoms with Gasteiger partial charge >= 0.3 is 0 Å². The normalized spacial score (nSPS) is 34.0. The number of anilines is 1. The number of amides is 1. The molecule has 3 aliphatic rings.